The summed E-state index contributed by atoms with van der Waals surface area (Å²) in [5.41, 5.74) is 8.14. The Bertz CT molecular complexity index is 638. The van der Waals surface area contributed by atoms with Gasteiger partial charge in [0.15, 0.2) is 0 Å². The molecule has 0 saturated heterocycles. The van der Waals surface area contributed by atoms with Crippen molar-refractivity contribution in [3.8, 4) is 17.3 Å². The van der Waals surface area contributed by atoms with E-state index in [1.165, 1.54) is 0 Å². The standard InChI is InChI=1S/C14H12N4/c15-8-9-2-1-3-11(6-9)12-7-13(16)18-14(17-12)10-4-5-10/h1-3,6-7,10H,4-5H2,(H2,16,17,18). The van der Waals surface area contributed by atoms with Crippen molar-refractivity contribution < 1.29 is 0 Å². The highest BCUT2D eigenvalue weighted by Crippen LogP contribution is 2.39. The number of nitrogen functional groups attached to an aromatic ring is 1. The zero-order valence-electron chi connectivity index (χ0n) is 9.80. The second-order valence-corrected chi connectivity index (χ2v) is 4.50. The molecule has 0 amide bonds. The molecule has 0 aliphatic heterocycles. The first-order chi connectivity index (χ1) is 8.76. The average molecular weight is 236 g/mol. The molecule has 0 spiro atoms. The Morgan fingerprint density at radius 2 is 2.06 bits per heavy atom. The topological polar surface area (TPSA) is 75.6 Å². The van der Waals surface area contributed by atoms with E-state index in [4.69, 9.17) is 11.0 Å². The molecule has 1 fully saturated rings. The van der Waals surface area contributed by atoms with Crippen LogP contribution in [-0.2, 0) is 0 Å². The molecule has 0 radical (unpaired) electrons. The first-order valence-electron chi connectivity index (χ1n) is 5.91. The van der Waals surface area contributed by atoms with Crippen LogP contribution in [0.5, 0.6) is 0 Å². The van der Waals surface area contributed by atoms with Gasteiger partial charge in [0.2, 0.25) is 0 Å². The average Bonchev–Trinajstić information content (AvgIpc) is 3.22. The fourth-order valence-corrected chi connectivity index (χ4v) is 1.91. The second kappa shape index (κ2) is 4.11. The lowest BCUT2D eigenvalue weighted by Crippen LogP contribution is -2.00. The monoisotopic (exact) mass is 236 g/mol. The minimum absolute atomic E-state index is 0.464. The third kappa shape index (κ3) is 2.03. The van der Waals surface area contributed by atoms with E-state index < -0.39 is 0 Å². The van der Waals surface area contributed by atoms with E-state index >= 15 is 0 Å². The van der Waals surface area contributed by atoms with Gasteiger partial charge in [-0.3, -0.25) is 0 Å². The van der Waals surface area contributed by atoms with Gasteiger partial charge in [-0.2, -0.15) is 5.26 Å². The Labute approximate surface area is 105 Å². The van der Waals surface area contributed by atoms with E-state index in [1.54, 1.807) is 12.1 Å². The van der Waals surface area contributed by atoms with Gasteiger partial charge in [-0.1, -0.05) is 12.1 Å². The smallest absolute Gasteiger partial charge is 0.134 e. The van der Waals surface area contributed by atoms with Crippen molar-refractivity contribution in [2.75, 3.05) is 5.73 Å². The molecule has 1 saturated carbocycles. The van der Waals surface area contributed by atoms with Gasteiger partial charge in [-0.15, -0.1) is 0 Å². The number of benzene rings is 1. The maximum absolute atomic E-state index is 8.91. The summed E-state index contributed by atoms with van der Waals surface area (Å²) < 4.78 is 0. The number of anilines is 1. The van der Waals surface area contributed by atoms with Crippen molar-refractivity contribution in [3.63, 3.8) is 0 Å². The van der Waals surface area contributed by atoms with Crippen LogP contribution in [-0.4, -0.2) is 9.97 Å². The summed E-state index contributed by atoms with van der Waals surface area (Å²) in [6, 6.07) is 11.3. The van der Waals surface area contributed by atoms with Crippen LogP contribution < -0.4 is 5.73 Å². The molecule has 0 atom stereocenters. The van der Waals surface area contributed by atoms with Crippen molar-refractivity contribution in [1.29, 1.82) is 5.26 Å². The predicted octanol–water partition coefficient (Wildman–Crippen LogP) is 2.47. The summed E-state index contributed by atoms with van der Waals surface area (Å²) in [6.45, 7) is 0. The molecule has 3 rings (SSSR count). The summed E-state index contributed by atoms with van der Waals surface area (Å²) >= 11 is 0. The maximum atomic E-state index is 8.91. The number of aromatic nitrogens is 2. The Morgan fingerprint density at radius 3 is 2.78 bits per heavy atom. The molecule has 4 nitrogen and oxygen atoms in total. The van der Waals surface area contributed by atoms with Gasteiger partial charge in [0.05, 0.1) is 17.3 Å². The molecule has 1 heterocycles. The lowest BCUT2D eigenvalue weighted by atomic mass is 10.1. The molecular formula is C14H12N4. The summed E-state index contributed by atoms with van der Waals surface area (Å²) in [4.78, 5) is 8.81. The zero-order valence-corrected chi connectivity index (χ0v) is 9.80. The van der Waals surface area contributed by atoms with Gasteiger partial charge in [0.25, 0.3) is 0 Å². The lowest BCUT2D eigenvalue weighted by Gasteiger charge is -2.05. The molecule has 1 aliphatic carbocycles. The van der Waals surface area contributed by atoms with Crippen LogP contribution in [0.3, 0.4) is 0 Å². The quantitative estimate of drug-likeness (QED) is 0.869. The summed E-state index contributed by atoms with van der Waals surface area (Å²) in [6.07, 6.45) is 2.28. The Kier molecular flexibility index (Phi) is 2.45. The van der Waals surface area contributed by atoms with Crippen LogP contribution in [0.25, 0.3) is 11.3 Å². The minimum Gasteiger partial charge on any atom is -0.384 e. The third-order valence-electron chi connectivity index (χ3n) is 2.99. The normalized spacial score (nSPS) is 14.2. The van der Waals surface area contributed by atoms with Crippen molar-refractivity contribution in [3.05, 3.63) is 41.7 Å². The van der Waals surface area contributed by atoms with Gasteiger partial charge < -0.3 is 5.73 Å². The minimum atomic E-state index is 0.464. The van der Waals surface area contributed by atoms with E-state index in [-0.39, 0.29) is 0 Å². The van der Waals surface area contributed by atoms with E-state index in [1.807, 2.05) is 18.2 Å². The first-order valence-corrected chi connectivity index (χ1v) is 5.91. The van der Waals surface area contributed by atoms with Gasteiger partial charge in [-0.05, 0) is 25.0 Å². The molecule has 1 aromatic heterocycles. The van der Waals surface area contributed by atoms with Crippen LogP contribution in [0.2, 0.25) is 0 Å². The van der Waals surface area contributed by atoms with Gasteiger partial charge >= 0.3 is 0 Å². The highest BCUT2D eigenvalue weighted by atomic mass is 15.0. The first kappa shape index (κ1) is 10.7. The van der Waals surface area contributed by atoms with Crippen LogP contribution in [0.4, 0.5) is 5.82 Å². The van der Waals surface area contributed by atoms with Crippen LogP contribution in [0.15, 0.2) is 30.3 Å². The van der Waals surface area contributed by atoms with E-state index in [2.05, 4.69) is 16.0 Å². The van der Waals surface area contributed by atoms with Crippen molar-refractivity contribution >= 4 is 5.82 Å². The molecule has 18 heavy (non-hydrogen) atoms. The van der Waals surface area contributed by atoms with E-state index in [0.29, 0.717) is 17.3 Å². The van der Waals surface area contributed by atoms with Crippen LogP contribution >= 0.6 is 0 Å². The number of hydrogen-bond acceptors (Lipinski definition) is 4. The molecule has 1 aliphatic rings. The van der Waals surface area contributed by atoms with Crippen molar-refractivity contribution in [1.82, 2.24) is 9.97 Å². The molecular weight excluding hydrogens is 224 g/mol. The molecule has 2 N–H and O–H groups in total. The Balaban J connectivity index is 2.07. The van der Waals surface area contributed by atoms with Gasteiger partial charge in [0.1, 0.15) is 11.6 Å². The maximum Gasteiger partial charge on any atom is 0.134 e. The molecule has 4 heteroatoms. The fraction of sp³-hybridized carbons (Fsp3) is 0.214. The van der Waals surface area contributed by atoms with Crippen LogP contribution in [0.1, 0.15) is 30.1 Å². The Hall–Kier alpha value is -2.41. The number of hydrogen-bond donors (Lipinski definition) is 1. The SMILES string of the molecule is N#Cc1cccc(-c2cc(N)nc(C3CC3)n2)c1. The van der Waals surface area contributed by atoms with Gasteiger partial charge in [-0.25, -0.2) is 9.97 Å². The summed E-state index contributed by atoms with van der Waals surface area (Å²) in [5, 5.41) is 8.91. The van der Waals surface area contributed by atoms with Crippen LogP contribution in [0, 0.1) is 11.3 Å². The van der Waals surface area contributed by atoms with Crippen molar-refractivity contribution in [2.45, 2.75) is 18.8 Å². The number of nitrogens with two attached hydrogens (primary N) is 1. The van der Waals surface area contributed by atoms with Gasteiger partial charge in [0, 0.05) is 17.5 Å². The second-order valence-electron chi connectivity index (χ2n) is 4.50. The number of nitrogens with zero attached hydrogens (tertiary/aromatic N) is 3. The number of nitriles is 1. The predicted molar refractivity (Wildman–Crippen MR) is 68.6 cm³/mol. The highest BCUT2D eigenvalue weighted by molar-refractivity contribution is 5.63. The van der Waals surface area contributed by atoms with Crippen molar-refractivity contribution in [2.24, 2.45) is 0 Å². The fourth-order valence-electron chi connectivity index (χ4n) is 1.91. The molecule has 88 valence electrons. The summed E-state index contributed by atoms with van der Waals surface area (Å²) in [5.74, 6) is 1.78. The molecule has 1 aromatic carbocycles. The zero-order chi connectivity index (χ0) is 12.5. The molecule has 0 unspecified atom stereocenters. The number of rotatable bonds is 2. The summed E-state index contributed by atoms with van der Waals surface area (Å²) in [7, 11) is 0. The van der Waals surface area contributed by atoms with E-state index in [0.717, 1.165) is 29.9 Å². The lowest BCUT2D eigenvalue weighted by molar-refractivity contribution is 0.936. The molecule has 2 aromatic rings. The largest absolute Gasteiger partial charge is 0.384 e. The molecule has 0 bridgehead atoms. The highest BCUT2D eigenvalue weighted by Gasteiger charge is 2.27. The van der Waals surface area contributed by atoms with E-state index in [9.17, 15) is 0 Å². The third-order valence-corrected chi connectivity index (χ3v) is 2.99. The Morgan fingerprint density at radius 1 is 1.22 bits per heavy atom.